The van der Waals surface area contributed by atoms with Crippen LogP contribution < -0.4 is 0 Å². The maximum Gasteiger partial charge on any atom is 0.433 e. The molecule has 8 nitrogen and oxygen atoms in total. The molecule has 0 aliphatic heterocycles. The van der Waals surface area contributed by atoms with Gasteiger partial charge in [-0.2, -0.15) is 26.3 Å². The lowest BCUT2D eigenvalue weighted by Gasteiger charge is -2.19. The molecule has 40 heavy (non-hydrogen) atoms. The zero-order valence-corrected chi connectivity index (χ0v) is 20.3. The van der Waals surface area contributed by atoms with E-state index in [9.17, 15) is 35.9 Å². The van der Waals surface area contributed by atoms with Crippen molar-refractivity contribution < 1.29 is 50.1 Å². The number of hydrogen-bond donors (Lipinski definition) is 0. The first-order valence-corrected chi connectivity index (χ1v) is 11.5. The number of pyridine rings is 1. The summed E-state index contributed by atoms with van der Waals surface area (Å²) >= 11 is 0. The highest BCUT2D eigenvalue weighted by molar-refractivity contribution is 5.89. The number of carbonyl (C=O) groups excluding carboxylic acids is 2. The van der Waals surface area contributed by atoms with Crippen LogP contribution in [0.5, 0.6) is 0 Å². The normalized spacial score (nSPS) is 12.1. The lowest BCUT2D eigenvalue weighted by atomic mass is 10.2. The smallest absolute Gasteiger partial charge is 0.433 e. The summed E-state index contributed by atoms with van der Waals surface area (Å²) in [6.07, 6.45) is -10.6. The highest BCUT2D eigenvalue weighted by atomic mass is 19.4. The van der Waals surface area contributed by atoms with Crippen LogP contribution in [-0.2, 0) is 33.3 Å². The summed E-state index contributed by atoms with van der Waals surface area (Å²) in [6, 6.07) is 15.6. The number of rotatable bonds is 9. The van der Waals surface area contributed by atoms with Gasteiger partial charge in [-0.25, -0.2) is 19.6 Å². The van der Waals surface area contributed by atoms with Crippen molar-refractivity contribution in [1.29, 1.82) is 0 Å². The minimum atomic E-state index is -5.16. The number of benzene rings is 2. The SMILES string of the molecule is O=C(OCC(COC(=O)c1ccccc1)OCn1cnc2c(C(F)(F)F)cc(C(F)(F)F)nc21)c1ccccc1. The van der Waals surface area contributed by atoms with Gasteiger partial charge in [0.15, 0.2) is 5.65 Å². The van der Waals surface area contributed by atoms with E-state index < -0.39 is 72.8 Å². The number of carbonyl (C=O) groups is 2. The first-order chi connectivity index (χ1) is 18.9. The Hall–Kier alpha value is -4.46. The zero-order chi connectivity index (χ0) is 28.9. The van der Waals surface area contributed by atoms with Crippen molar-refractivity contribution in [2.75, 3.05) is 13.2 Å². The Labute approximate surface area is 222 Å². The molecule has 0 atom stereocenters. The largest absolute Gasteiger partial charge is 0.459 e. The van der Waals surface area contributed by atoms with E-state index in [1.165, 1.54) is 24.3 Å². The maximum atomic E-state index is 13.5. The van der Waals surface area contributed by atoms with Gasteiger partial charge in [-0.3, -0.25) is 4.57 Å². The number of imidazole rings is 1. The molecule has 0 saturated heterocycles. The van der Waals surface area contributed by atoms with Crippen molar-refractivity contribution in [2.45, 2.75) is 25.2 Å². The van der Waals surface area contributed by atoms with Crippen molar-refractivity contribution in [1.82, 2.24) is 14.5 Å². The summed E-state index contributed by atoms with van der Waals surface area (Å²) in [4.78, 5) is 31.6. The molecule has 0 amide bonds. The molecule has 2 aromatic heterocycles. The summed E-state index contributed by atoms with van der Waals surface area (Å²) in [6.45, 7) is -1.58. The molecule has 0 saturated carbocycles. The minimum Gasteiger partial charge on any atom is -0.459 e. The van der Waals surface area contributed by atoms with E-state index in [2.05, 4.69) is 9.97 Å². The average molecular weight is 567 g/mol. The molecule has 0 aliphatic rings. The molecule has 0 radical (unpaired) electrons. The van der Waals surface area contributed by atoms with Crippen molar-refractivity contribution in [3.63, 3.8) is 0 Å². The summed E-state index contributed by atoms with van der Waals surface area (Å²) in [5, 5.41) is 0. The second kappa shape index (κ2) is 11.7. The predicted molar refractivity (Wildman–Crippen MR) is 126 cm³/mol. The highest BCUT2D eigenvalue weighted by Crippen LogP contribution is 2.38. The molecular weight excluding hydrogens is 548 g/mol. The quantitative estimate of drug-likeness (QED) is 0.194. The minimum absolute atomic E-state index is 0.116. The Morgan fingerprint density at radius 3 is 1.80 bits per heavy atom. The lowest BCUT2D eigenvalue weighted by Crippen LogP contribution is -2.29. The Balaban J connectivity index is 1.54. The van der Waals surface area contributed by atoms with Crippen LogP contribution >= 0.6 is 0 Å². The number of hydrogen-bond acceptors (Lipinski definition) is 7. The van der Waals surface area contributed by atoms with Crippen molar-refractivity contribution >= 4 is 23.1 Å². The Kier molecular flexibility index (Phi) is 8.38. The molecule has 0 N–H and O–H groups in total. The van der Waals surface area contributed by atoms with Gasteiger partial charge in [0.1, 0.15) is 37.3 Å². The van der Waals surface area contributed by atoms with Crippen LogP contribution in [0.2, 0.25) is 0 Å². The molecule has 2 heterocycles. The second-order valence-electron chi connectivity index (χ2n) is 8.28. The number of halogens is 6. The molecule has 0 unspecified atom stereocenters. The van der Waals surface area contributed by atoms with E-state index in [4.69, 9.17) is 14.2 Å². The molecular formula is C26H19F6N3O5. The number of esters is 2. The van der Waals surface area contributed by atoms with Gasteiger partial charge in [0.25, 0.3) is 0 Å². The molecule has 2 aromatic carbocycles. The average Bonchev–Trinajstić information content (AvgIpc) is 3.34. The first-order valence-electron chi connectivity index (χ1n) is 11.5. The molecule has 14 heteroatoms. The Morgan fingerprint density at radius 2 is 1.32 bits per heavy atom. The first kappa shape index (κ1) is 28.5. The number of fused-ring (bicyclic) bond motifs is 1. The van der Waals surface area contributed by atoms with Crippen LogP contribution in [-0.4, -0.2) is 45.8 Å². The number of nitrogens with zero attached hydrogens (tertiary/aromatic N) is 3. The van der Waals surface area contributed by atoms with Crippen LogP contribution in [0.25, 0.3) is 11.2 Å². The predicted octanol–water partition coefficient (Wildman–Crippen LogP) is 5.53. The molecule has 0 fully saturated rings. The van der Waals surface area contributed by atoms with Crippen molar-refractivity contribution in [3.05, 3.63) is 95.4 Å². The Morgan fingerprint density at radius 1 is 0.800 bits per heavy atom. The zero-order valence-electron chi connectivity index (χ0n) is 20.3. The van der Waals surface area contributed by atoms with Crippen LogP contribution in [0.15, 0.2) is 73.1 Å². The molecule has 4 rings (SSSR count). The van der Waals surface area contributed by atoms with Gasteiger partial charge >= 0.3 is 24.3 Å². The Bertz CT molecular complexity index is 1420. The van der Waals surface area contributed by atoms with Crippen molar-refractivity contribution in [2.24, 2.45) is 0 Å². The van der Waals surface area contributed by atoms with E-state index in [0.29, 0.717) is 0 Å². The number of ether oxygens (including phenoxy) is 3. The summed E-state index contributed by atoms with van der Waals surface area (Å²) in [5.74, 6) is -1.47. The van der Waals surface area contributed by atoms with Crippen molar-refractivity contribution in [3.8, 4) is 0 Å². The van der Waals surface area contributed by atoms with E-state index in [-0.39, 0.29) is 17.2 Å². The maximum absolute atomic E-state index is 13.5. The number of alkyl halides is 6. The van der Waals surface area contributed by atoms with Gasteiger partial charge < -0.3 is 14.2 Å². The van der Waals surface area contributed by atoms with Crippen LogP contribution in [0, 0.1) is 0 Å². The van der Waals surface area contributed by atoms with E-state index in [0.717, 1.165) is 10.9 Å². The second-order valence-corrected chi connectivity index (χ2v) is 8.28. The van der Waals surface area contributed by atoms with Crippen LogP contribution in [0.3, 0.4) is 0 Å². The highest BCUT2D eigenvalue weighted by Gasteiger charge is 2.40. The molecule has 4 aromatic rings. The van der Waals surface area contributed by atoms with E-state index >= 15 is 0 Å². The fourth-order valence-electron chi connectivity index (χ4n) is 3.47. The third kappa shape index (κ3) is 6.94. The van der Waals surface area contributed by atoms with Crippen LogP contribution in [0.4, 0.5) is 26.3 Å². The van der Waals surface area contributed by atoms with E-state index in [1.54, 1.807) is 36.4 Å². The standard InChI is InChI=1S/C26H19F6N3O5/c27-25(28,29)19-11-20(26(30,31)32)34-22-21(19)33-14-35(22)15-40-18(12-38-23(36)16-7-3-1-4-8-16)13-39-24(37)17-9-5-2-6-10-17/h1-11,14,18H,12-13,15H2. The lowest BCUT2D eigenvalue weighted by molar-refractivity contribution is -0.144. The summed E-state index contributed by atoms with van der Waals surface area (Å²) in [5.41, 5.74) is -4.50. The fraction of sp³-hybridized carbons (Fsp3) is 0.231. The molecule has 0 aliphatic carbocycles. The topological polar surface area (TPSA) is 92.5 Å². The fourth-order valence-corrected chi connectivity index (χ4v) is 3.47. The monoisotopic (exact) mass is 567 g/mol. The molecule has 210 valence electrons. The summed E-state index contributed by atoms with van der Waals surface area (Å²) < 4.78 is 97.1. The third-order valence-corrected chi connectivity index (χ3v) is 5.44. The van der Waals surface area contributed by atoms with Gasteiger partial charge in [0.2, 0.25) is 0 Å². The molecule has 0 bridgehead atoms. The van der Waals surface area contributed by atoms with Gasteiger partial charge in [-0.05, 0) is 30.3 Å². The van der Waals surface area contributed by atoms with E-state index in [1.807, 2.05) is 0 Å². The summed E-state index contributed by atoms with van der Waals surface area (Å²) in [7, 11) is 0. The van der Waals surface area contributed by atoms with Gasteiger partial charge in [0.05, 0.1) is 23.0 Å². The van der Waals surface area contributed by atoms with Gasteiger partial charge in [0, 0.05) is 0 Å². The van der Waals surface area contributed by atoms with Gasteiger partial charge in [-0.15, -0.1) is 0 Å². The van der Waals surface area contributed by atoms with Gasteiger partial charge in [-0.1, -0.05) is 36.4 Å². The number of aromatic nitrogens is 3. The van der Waals surface area contributed by atoms with Crippen LogP contribution in [0.1, 0.15) is 32.0 Å². The molecule has 0 spiro atoms. The third-order valence-electron chi connectivity index (χ3n) is 5.44.